The molecule has 1 fully saturated rings. The van der Waals surface area contributed by atoms with Gasteiger partial charge in [0.2, 0.25) is 0 Å². The molecule has 1 aromatic heterocycles. The zero-order valence-electron chi connectivity index (χ0n) is 10.9. The number of benzene rings is 1. The lowest BCUT2D eigenvalue weighted by atomic mass is 9.80. The van der Waals surface area contributed by atoms with Gasteiger partial charge in [-0.05, 0) is 43.2 Å². The van der Waals surface area contributed by atoms with Crippen LogP contribution in [0.3, 0.4) is 0 Å². The van der Waals surface area contributed by atoms with E-state index in [0.29, 0.717) is 12.0 Å². The fraction of sp³-hybridized carbons (Fsp3) is 0.438. The van der Waals surface area contributed by atoms with Crippen LogP contribution in [0.25, 0.3) is 10.8 Å². The molecular weight excluding hydrogens is 220 g/mol. The Morgan fingerprint density at radius 1 is 1.17 bits per heavy atom. The third-order valence-electron chi connectivity index (χ3n) is 4.22. The summed E-state index contributed by atoms with van der Waals surface area (Å²) < 4.78 is 0. The standard InChI is InChI=1S/C16H20N2/c1-17-14-7-4-6-12(9-14)16-11-18-10-13-5-2-3-8-15(13)16/h2-3,5,8,10-12,14,17H,4,6-7,9H2,1H3. The van der Waals surface area contributed by atoms with Crippen molar-refractivity contribution in [2.75, 3.05) is 7.05 Å². The first-order valence-corrected chi connectivity index (χ1v) is 6.88. The summed E-state index contributed by atoms with van der Waals surface area (Å²) in [5.74, 6) is 0.662. The van der Waals surface area contributed by atoms with E-state index in [9.17, 15) is 0 Å². The summed E-state index contributed by atoms with van der Waals surface area (Å²) in [6, 6.07) is 9.28. The summed E-state index contributed by atoms with van der Waals surface area (Å²) in [6.07, 6.45) is 9.22. The minimum atomic E-state index is 0.662. The van der Waals surface area contributed by atoms with Gasteiger partial charge in [-0.2, -0.15) is 0 Å². The Kier molecular flexibility index (Phi) is 3.28. The number of aromatic nitrogens is 1. The first kappa shape index (κ1) is 11.7. The van der Waals surface area contributed by atoms with Gasteiger partial charge in [-0.25, -0.2) is 0 Å². The normalized spacial score (nSPS) is 24.3. The van der Waals surface area contributed by atoms with Crippen molar-refractivity contribution in [1.29, 1.82) is 0 Å². The average Bonchev–Trinajstić information content (AvgIpc) is 2.47. The number of nitrogens with zero attached hydrogens (tertiary/aromatic N) is 1. The van der Waals surface area contributed by atoms with Crippen LogP contribution in [-0.2, 0) is 0 Å². The molecule has 1 aliphatic carbocycles. The van der Waals surface area contributed by atoms with Gasteiger partial charge >= 0.3 is 0 Å². The van der Waals surface area contributed by atoms with Crippen LogP contribution in [0.2, 0.25) is 0 Å². The number of hydrogen-bond donors (Lipinski definition) is 1. The minimum Gasteiger partial charge on any atom is -0.317 e. The van der Waals surface area contributed by atoms with Crippen molar-refractivity contribution < 1.29 is 0 Å². The maximum absolute atomic E-state index is 4.42. The van der Waals surface area contributed by atoms with Crippen LogP contribution in [0.4, 0.5) is 0 Å². The van der Waals surface area contributed by atoms with Gasteiger partial charge < -0.3 is 5.32 Å². The van der Waals surface area contributed by atoms with E-state index in [0.717, 1.165) is 0 Å². The molecule has 2 aromatic rings. The zero-order chi connectivity index (χ0) is 12.4. The molecule has 0 bridgehead atoms. The molecule has 0 aliphatic heterocycles. The highest BCUT2D eigenvalue weighted by Crippen LogP contribution is 2.35. The topological polar surface area (TPSA) is 24.9 Å². The Morgan fingerprint density at radius 3 is 2.94 bits per heavy atom. The fourth-order valence-corrected chi connectivity index (χ4v) is 3.20. The second-order valence-electron chi connectivity index (χ2n) is 5.30. The van der Waals surface area contributed by atoms with Crippen LogP contribution in [0.15, 0.2) is 36.7 Å². The predicted molar refractivity (Wildman–Crippen MR) is 75.8 cm³/mol. The van der Waals surface area contributed by atoms with Gasteiger partial charge in [-0.3, -0.25) is 4.98 Å². The lowest BCUT2D eigenvalue weighted by molar-refractivity contribution is 0.356. The summed E-state index contributed by atoms with van der Waals surface area (Å²) in [5, 5.41) is 6.08. The van der Waals surface area contributed by atoms with Gasteiger partial charge in [0.15, 0.2) is 0 Å². The molecular formula is C16H20N2. The molecule has 2 heteroatoms. The maximum atomic E-state index is 4.42. The summed E-state index contributed by atoms with van der Waals surface area (Å²) >= 11 is 0. The second-order valence-corrected chi connectivity index (χ2v) is 5.30. The molecule has 2 nitrogen and oxygen atoms in total. The van der Waals surface area contributed by atoms with Gasteiger partial charge in [-0.15, -0.1) is 0 Å². The zero-order valence-corrected chi connectivity index (χ0v) is 10.9. The van der Waals surface area contributed by atoms with Crippen molar-refractivity contribution in [1.82, 2.24) is 10.3 Å². The van der Waals surface area contributed by atoms with Gasteiger partial charge in [0.05, 0.1) is 0 Å². The lowest BCUT2D eigenvalue weighted by Gasteiger charge is -2.29. The van der Waals surface area contributed by atoms with Crippen LogP contribution < -0.4 is 5.32 Å². The molecule has 2 unspecified atom stereocenters. The van der Waals surface area contributed by atoms with Crippen LogP contribution in [-0.4, -0.2) is 18.1 Å². The van der Waals surface area contributed by atoms with Crippen molar-refractivity contribution in [3.05, 3.63) is 42.2 Å². The Bertz CT molecular complexity index is 530. The molecule has 1 saturated carbocycles. The Balaban J connectivity index is 1.98. The van der Waals surface area contributed by atoms with Gasteiger partial charge in [0, 0.05) is 23.8 Å². The number of rotatable bonds is 2. The minimum absolute atomic E-state index is 0.662. The van der Waals surface area contributed by atoms with E-state index in [-0.39, 0.29) is 0 Å². The van der Waals surface area contributed by atoms with Crippen molar-refractivity contribution in [3.63, 3.8) is 0 Å². The first-order valence-electron chi connectivity index (χ1n) is 6.88. The van der Waals surface area contributed by atoms with Crippen LogP contribution in [0.1, 0.15) is 37.2 Å². The summed E-state index contributed by atoms with van der Waals surface area (Å²) in [7, 11) is 2.08. The van der Waals surface area contributed by atoms with Crippen LogP contribution in [0.5, 0.6) is 0 Å². The average molecular weight is 240 g/mol. The van der Waals surface area contributed by atoms with E-state index in [4.69, 9.17) is 0 Å². The van der Waals surface area contributed by atoms with Crippen molar-refractivity contribution in [3.8, 4) is 0 Å². The summed E-state index contributed by atoms with van der Waals surface area (Å²) in [5.41, 5.74) is 1.44. The molecule has 2 atom stereocenters. The van der Waals surface area contributed by atoms with Crippen molar-refractivity contribution in [2.45, 2.75) is 37.6 Å². The number of fused-ring (bicyclic) bond motifs is 1. The molecule has 3 rings (SSSR count). The summed E-state index contributed by atoms with van der Waals surface area (Å²) in [6.45, 7) is 0. The fourth-order valence-electron chi connectivity index (χ4n) is 3.20. The number of nitrogens with one attached hydrogen (secondary N) is 1. The van der Waals surface area contributed by atoms with Crippen LogP contribution >= 0.6 is 0 Å². The van der Waals surface area contributed by atoms with Crippen molar-refractivity contribution in [2.24, 2.45) is 0 Å². The van der Waals surface area contributed by atoms with E-state index in [1.54, 1.807) is 0 Å². The highest BCUT2D eigenvalue weighted by Gasteiger charge is 2.23. The molecule has 94 valence electrons. The predicted octanol–water partition coefficient (Wildman–Crippen LogP) is 3.48. The van der Waals surface area contributed by atoms with E-state index in [2.05, 4.69) is 47.8 Å². The monoisotopic (exact) mass is 240 g/mol. The lowest BCUT2D eigenvalue weighted by Crippen LogP contribution is -2.30. The van der Waals surface area contributed by atoms with E-state index >= 15 is 0 Å². The number of hydrogen-bond acceptors (Lipinski definition) is 2. The Labute approximate surface area is 108 Å². The highest BCUT2D eigenvalue weighted by atomic mass is 14.9. The molecule has 0 radical (unpaired) electrons. The molecule has 1 aliphatic rings. The quantitative estimate of drug-likeness (QED) is 0.869. The Morgan fingerprint density at radius 2 is 2.06 bits per heavy atom. The first-order chi connectivity index (χ1) is 8.88. The molecule has 0 saturated heterocycles. The molecule has 1 N–H and O–H groups in total. The molecule has 1 heterocycles. The molecule has 18 heavy (non-hydrogen) atoms. The molecule has 0 spiro atoms. The van der Waals surface area contributed by atoms with E-state index < -0.39 is 0 Å². The summed E-state index contributed by atoms with van der Waals surface area (Å²) in [4.78, 5) is 4.42. The Hall–Kier alpha value is -1.41. The largest absolute Gasteiger partial charge is 0.317 e. The molecule has 0 amide bonds. The van der Waals surface area contributed by atoms with Crippen molar-refractivity contribution >= 4 is 10.8 Å². The van der Waals surface area contributed by atoms with Gasteiger partial charge in [-0.1, -0.05) is 30.7 Å². The van der Waals surface area contributed by atoms with Gasteiger partial charge in [0.1, 0.15) is 0 Å². The highest BCUT2D eigenvalue weighted by molar-refractivity contribution is 5.85. The number of pyridine rings is 1. The van der Waals surface area contributed by atoms with E-state index in [1.807, 2.05) is 6.20 Å². The SMILES string of the molecule is CNC1CCCC(c2cncc3ccccc23)C1. The third-order valence-corrected chi connectivity index (χ3v) is 4.22. The van der Waals surface area contributed by atoms with Crippen LogP contribution in [0, 0.1) is 0 Å². The van der Waals surface area contributed by atoms with E-state index in [1.165, 1.54) is 42.0 Å². The molecule has 1 aromatic carbocycles. The van der Waals surface area contributed by atoms with Gasteiger partial charge in [0.25, 0.3) is 0 Å². The maximum Gasteiger partial charge on any atom is 0.0346 e. The third kappa shape index (κ3) is 2.13. The smallest absolute Gasteiger partial charge is 0.0346 e. The second kappa shape index (κ2) is 5.07.